The van der Waals surface area contributed by atoms with E-state index in [1.165, 1.54) is 12.1 Å². The third kappa shape index (κ3) is 2.59. The van der Waals surface area contributed by atoms with Gasteiger partial charge in [0.1, 0.15) is 5.69 Å². The molecule has 0 radical (unpaired) electrons. The van der Waals surface area contributed by atoms with E-state index >= 15 is 0 Å². The Labute approximate surface area is 145 Å². The van der Waals surface area contributed by atoms with Crippen molar-refractivity contribution in [3.8, 4) is 0 Å². The van der Waals surface area contributed by atoms with Gasteiger partial charge in [-0.15, -0.1) is 0 Å². The molecule has 2 aromatic carbocycles. The number of hydrogen-bond acceptors (Lipinski definition) is 4. The monoisotopic (exact) mass is 338 g/mol. The molecule has 2 aromatic rings. The Morgan fingerprint density at radius 3 is 2.68 bits per heavy atom. The van der Waals surface area contributed by atoms with Crippen LogP contribution in [0, 0.1) is 10.1 Å². The lowest BCUT2D eigenvalue weighted by Gasteiger charge is -2.24. The zero-order valence-electron chi connectivity index (χ0n) is 13.8. The molecule has 0 unspecified atom stereocenters. The molecule has 0 spiro atoms. The molecule has 0 bridgehead atoms. The Hall–Kier alpha value is -2.73. The fourth-order valence-corrected chi connectivity index (χ4v) is 3.86. The average Bonchev–Trinajstić information content (AvgIpc) is 2.97. The van der Waals surface area contributed by atoms with Gasteiger partial charge in [-0.3, -0.25) is 10.1 Å². The Balaban J connectivity index is 1.81. The van der Waals surface area contributed by atoms with Crippen LogP contribution in [-0.4, -0.2) is 33.5 Å². The Morgan fingerprint density at radius 2 is 1.92 bits per heavy atom. The number of non-ortho nitro benzene ring substituents is 1. The predicted molar refractivity (Wildman–Crippen MR) is 94.8 cm³/mol. The number of rotatable bonds is 3. The molecule has 128 valence electrons. The summed E-state index contributed by atoms with van der Waals surface area (Å²) in [4.78, 5) is 12.9. The molecule has 1 atom stereocenters. The van der Waals surface area contributed by atoms with Gasteiger partial charge in [0.05, 0.1) is 11.5 Å². The Morgan fingerprint density at radius 1 is 1.12 bits per heavy atom. The van der Waals surface area contributed by atoms with Gasteiger partial charge in [0, 0.05) is 24.1 Å². The van der Waals surface area contributed by atoms with Gasteiger partial charge >= 0.3 is 0 Å². The van der Waals surface area contributed by atoms with E-state index in [1.807, 2.05) is 34.9 Å². The zero-order chi connectivity index (χ0) is 17.4. The second kappa shape index (κ2) is 5.97. The van der Waals surface area contributed by atoms with Crippen molar-refractivity contribution in [1.82, 2.24) is 0 Å². The van der Waals surface area contributed by atoms with Gasteiger partial charge in [0.25, 0.3) is 17.2 Å². The molecule has 25 heavy (non-hydrogen) atoms. The van der Waals surface area contributed by atoms with E-state index in [1.54, 1.807) is 12.1 Å². The lowest BCUT2D eigenvalue weighted by Crippen LogP contribution is -2.41. The molecule has 0 aromatic heterocycles. The normalized spacial score (nSPS) is 22.8. The van der Waals surface area contributed by atoms with E-state index in [-0.39, 0.29) is 5.69 Å². The van der Waals surface area contributed by atoms with Crippen LogP contribution >= 0.6 is 0 Å². The van der Waals surface area contributed by atoms with Gasteiger partial charge in [0.2, 0.25) is 0 Å². The van der Waals surface area contributed by atoms with Crippen LogP contribution in [0.4, 0.5) is 11.4 Å². The summed E-state index contributed by atoms with van der Waals surface area (Å²) in [5.41, 5.74) is 0.352. The van der Waals surface area contributed by atoms with Crippen molar-refractivity contribution >= 4 is 17.2 Å². The standard InChI is InChI=1S/C19H20N3O3/c23-19(15-7-6-10-17(13-15)22(24)25)14-20(16-8-2-1-3-9-16)18-11-4-5-12-21(18)19/h1-3,6-10,13,23H,4-5,11-12,14H2/q+1/t19-/m0/s1. The molecule has 6 heteroatoms. The molecule has 4 rings (SSSR count). The minimum Gasteiger partial charge on any atom is -0.346 e. The maximum Gasteiger partial charge on any atom is 0.271 e. The third-order valence-corrected chi connectivity index (χ3v) is 5.07. The maximum absolute atomic E-state index is 11.5. The van der Waals surface area contributed by atoms with Crippen LogP contribution in [-0.2, 0) is 5.72 Å². The van der Waals surface area contributed by atoms with E-state index < -0.39 is 10.6 Å². The summed E-state index contributed by atoms with van der Waals surface area (Å²) in [7, 11) is 0. The van der Waals surface area contributed by atoms with Crippen molar-refractivity contribution in [1.29, 1.82) is 0 Å². The van der Waals surface area contributed by atoms with E-state index in [0.29, 0.717) is 12.1 Å². The minimum absolute atomic E-state index is 0.00245. The number of aliphatic hydroxyl groups is 1. The number of amidine groups is 1. The number of para-hydroxylation sites is 1. The minimum atomic E-state index is -1.25. The Bertz CT molecular complexity index is 850. The van der Waals surface area contributed by atoms with Crippen LogP contribution in [0.25, 0.3) is 0 Å². The number of hydrogen-bond donors (Lipinski definition) is 1. The van der Waals surface area contributed by atoms with Crippen LogP contribution in [0.5, 0.6) is 0 Å². The highest BCUT2D eigenvalue weighted by Crippen LogP contribution is 2.36. The van der Waals surface area contributed by atoms with Gasteiger partial charge in [-0.05, 0) is 25.0 Å². The molecule has 0 fully saturated rings. The van der Waals surface area contributed by atoms with Crippen LogP contribution < -0.4 is 4.90 Å². The highest BCUT2D eigenvalue weighted by atomic mass is 16.6. The maximum atomic E-state index is 11.5. The molecular weight excluding hydrogens is 318 g/mol. The molecule has 6 nitrogen and oxygen atoms in total. The van der Waals surface area contributed by atoms with E-state index in [0.717, 1.165) is 37.3 Å². The number of nitro benzene ring substituents is 1. The molecule has 0 amide bonds. The van der Waals surface area contributed by atoms with Crippen molar-refractivity contribution in [2.45, 2.75) is 25.0 Å². The fraction of sp³-hybridized carbons (Fsp3) is 0.316. The summed E-state index contributed by atoms with van der Waals surface area (Å²) in [6.07, 6.45) is 2.98. The number of nitro groups is 1. The fourth-order valence-electron chi connectivity index (χ4n) is 3.86. The van der Waals surface area contributed by atoms with Crippen molar-refractivity contribution < 1.29 is 14.6 Å². The van der Waals surface area contributed by atoms with Gasteiger partial charge in [0.15, 0.2) is 6.54 Å². The second-order valence-electron chi connectivity index (χ2n) is 6.57. The largest absolute Gasteiger partial charge is 0.346 e. The number of nitrogens with zero attached hydrogens (tertiary/aromatic N) is 3. The first-order valence-electron chi connectivity index (χ1n) is 8.53. The van der Waals surface area contributed by atoms with Gasteiger partial charge < -0.3 is 5.11 Å². The van der Waals surface area contributed by atoms with Crippen LogP contribution in [0.15, 0.2) is 54.6 Å². The Kier molecular flexibility index (Phi) is 3.77. The molecule has 1 N–H and O–H groups in total. The quantitative estimate of drug-likeness (QED) is 0.531. The SMILES string of the molecule is O=[N+]([O-])c1cccc([C@@]2(O)CN(c3ccccc3)C3=[N+]2CCCC3)c1. The lowest BCUT2D eigenvalue weighted by molar-refractivity contribution is -0.661. The van der Waals surface area contributed by atoms with Gasteiger partial charge in [-0.2, -0.15) is 0 Å². The van der Waals surface area contributed by atoms with E-state index in [4.69, 9.17) is 0 Å². The third-order valence-electron chi connectivity index (χ3n) is 5.07. The highest BCUT2D eigenvalue weighted by molar-refractivity contribution is 5.96. The van der Waals surface area contributed by atoms with Crippen molar-refractivity contribution in [3.63, 3.8) is 0 Å². The first-order chi connectivity index (χ1) is 12.1. The first-order valence-corrected chi connectivity index (χ1v) is 8.53. The topological polar surface area (TPSA) is 69.6 Å². The van der Waals surface area contributed by atoms with Crippen molar-refractivity contribution in [2.24, 2.45) is 0 Å². The van der Waals surface area contributed by atoms with E-state index in [9.17, 15) is 15.2 Å². The summed E-state index contributed by atoms with van der Waals surface area (Å²) >= 11 is 0. The molecule has 0 aliphatic carbocycles. The van der Waals surface area contributed by atoms with Crippen LogP contribution in [0.1, 0.15) is 24.8 Å². The summed E-state index contributed by atoms with van der Waals surface area (Å²) in [5, 5.41) is 22.7. The van der Waals surface area contributed by atoms with Crippen molar-refractivity contribution in [2.75, 3.05) is 18.0 Å². The highest BCUT2D eigenvalue weighted by Gasteiger charge is 2.52. The number of β-amino-alcohol motifs (C(OH)–C–C–N with tert-alkyl or cyclic N) is 1. The number of anilines is 1. The molecule has 2 heterocycles. The van der Waals surface area contributed by atoms with Gasteiger partial charge in [-0.1, -0.05) is 30.3 Å². The van der Waals surface area contributed by atoms with Crippen molar-refractivity contribution in [3.05, 3.63) is 70.3 Å². The molecule has 0 saturated heterocycles. The average molecular weight is 338 g/mol. The predicted octanol–water partition coefficient (Wildman–Crippen LogP) is 2.86. The summed E-state index contributed by atoms with van der Waals surface area (Å²) in [6, 6.07) is 16.3. The lowest BCUT2D eigenvalue weighted by atomic mass is 10.0. The molecule has 2 aliphatic rings. The summed E-state index contributed by atoms with van der Waals surface area (Å²) < 4.78 is 2.02. The first kappa shape index (κ1) is 15.8. The molecule has 2 aliphatic heterocycles. The zero-order valence-corrected chi connectivity index (χ0v) is 13.8. The number of benzene rings is 2. The second-order valence-corrected chi connectivity index (χ2v) is 6.57. The van der Waals surface area contributed by atoms with Crippen LogP contribution in [0.3, 0.4) is 0 Å². The van der Waals surface area contributed by atoms with Gasteiger partial charge in [-0.25, -0.2) is 9.48 Å². The van der Waals surface area contributed by atoms with Crippen LogP contribution in [0.2, 0.25) is 0 Å². The smallest absolute Gasteiger partial charge is 0.271 e. The molecular formula is C19H20N3O3+. The molecule has 0 saturated carbocycles. The summed E-state index contributed by atoms with van der Waals surface area (Å²) in [5.74, 6) is 1.09. The van der Waals surface area contributed by atoms with E-state index in [2.05, 4.69) is 4.90 Å². The summed E-state index contributed by atoms with van der Waals surface area (Å²) in [6.45, 7) is 1.12.